The van der Waals surface area contributed by atoms with Crippen molar-refractivity contribution in [3.8, 4) is 0 Å². The summed E-state index contributed by atoms with van der Waals surface area (Å²) >= 11 is 0. The summed E-state index contributed by atoms with van der Waals surface area (Å²) in [7, 11) is 0. The Hall–Kier alpha value is -1.10. The number of carbonyl (C=O) groups is 2. The molecule has 5 nitrogen and oxygen atoms in total. The molecule has 15 heavy (non-hydrogen) atoms. The smallest absolute Gasteiger partial charge is 0.326 e. The van der Waals surface area contributed by atoms with Crippen LogP contribution in [0.4, 0.5) is 0 Å². The van der Waals surface area contributed by atoms with Crippen LogP contribution in [0.3, 0.4) is 0 Å². The highest BCUT2D eigenvalue weighted by atomic mass is 16.5. The Bertz CT molecular complexity index is 246. The van der Waals surface area contributed by atoms with Gasteiger partial charge in [0.1, 0.15) is 6.04 Å². The first-order valence-corrected chi connectivity index (χ1v) is 5.13. The van der Waals surface area contributed by atoms with Gasteiger partial charge >= 0.3 is 5.97 Å². The van der Waals surface area contributed by atoms with Crippen molar-refractivity contribution >= 4 is 11.9 Å². The molecular weight excluding hydrogens is 198 g/mol. The van der Waals surface area contributed by atoms with E-state index in [0.717, 1.165) is 0 Å². The predicted octanol–water partition coefficient (Wildman–Crippen LogP) is 0.248. The van der Waals surface area contributed by atoms with E-state index in [0.29, 0.717) is 19.6 Å². The molecule has 1 amide bonds. The summed E-state index contributed by atoms with van der Waals surface area (Å²) in [4.78, 5) is 22.5. The van der Waals surface area contributed by atoms with Crippen LogP contribution in [-0.2, 0) is 14.3 Å². The van der Waals surface area contributed by atoms with Crippen molar-refractivity contribution in [2.45, 2.75) is 26.3 Å². The molecule has 1 fully saturated rings. The second-order valence-corrected chi connectivity index (χ2v) is 4.13. The molecule has 0 aromatic carbocycles. The number of aliphatic carboxylic acids is 1. The third kappa shape index (κ3) is 3.20. The van der Waals surface area contributed by atoms with Gasteiger partial charge in [0.2, 0.25) is 5.91 Å². The van der Waals surface area contributed by atoms with E-state index in [1.54, 1.807) is 13.8 Å². The minimum absolute atomic E-state index is 0.117. The molecule has 1 heterocycles. The van der Waals surface area contributed by atoms with Crippen molar-refractivity contribution in [2.24, 2.45) is 11.8 Å². The van der Waals surface area contributed by atoms with Gasteiger partial charge in [-0.15, -0.1) is 0 Å². The van der Waals surface area contributed by atoms with Crippen LogP contribution < -0.4 is 5.32 Å². The highest BCUT2D eigenvalue weighted by molar-refractivity contribution is 5.85. The van der Waals surface area contributed by atoms with Gasteiger partial charge in [-0.2, -0.15) is 0 Å². The first-order chi connectivity index (χ1) is 7.02. The summed E-state index contributed by atoms with van der Waals surface area (Å²) in [6.07, 6.45) is 0.677. The van der Waals surface area contributed by atoms with Crippen LogP contribution in [0, 0.1) is 11.8 Å². The van der Waals surface area contributed by atoms with Gasteiger partial charge in [-0.3, -0.25) is 4.79 Å². The van der Waals surface area contributed by atoms with E-state index in [1.165, 1.54) is 0 Å². The first kappa shape index (κ1) is 12.0. The number of carboxylic acid groups (broad SMARTS) is 1. The quantitative estimate of drug-likeness (QED) is 0.704. The number of ether oxygens (including phenoxy) is 1. The van der Waals surface area contributed by atoms with Gasteiger partial charge in [0.15, 0.2) is 0 Å². The Morgan fingerprint density at radius 1 is 1.47 bits per heavy atom. The van der Waals surface area contributed by atoms with Crippen molar-refractivity contribution in [2.75, 3.05) is 13.2 Å². The van der Waals surface area contributed by atoms with Gasteiger partial charge in [0.05, 0.1) is 12.5 Å². The number of amides is 1. The average molecular weight is 215 g/mol. The number of nitrogens with one attached hydrogen (secondary N) is 1. The van der Waals surface area contributed by atoms with Crippen LogP contribution in [0.15, 0.2) is 0 Å². The SMILES string of the molecule is CC(C)[C@@H](NC(=O)[C@H]1CCOC1)C(=O)O. The molecule has 5 heteroatoms. The van der Waals surface area contributed by atoms with Gasteiger partial charge < -0.3 is 15.2 Å². The molecule has 1 aliphatic rings. The summed E-state index contributed by atoms with van der Waals surface area (Å²) in [5.74, 6) is -1.51. The fraction of sp³-hybridized carbons (Fsp3) is 0.800. The fourth-order valence-electron chi connectivity index (χ4n) is 1.53. The molecule has 0 aromatic rings. The zero-order valence-electron chi connectivity index (χ0n) is 9.03. The van der Waals surface area contributed by atoms with E-state index in [4.69, 9.17) is 9.84 Å². The molecule has 86 valence electrons. The van der Waals surface area contributed by atoms with Crippen LogP contribution in [0.1, 0.15) is 20.3 Å². The molecule has 1 rings (SSSR count). The predicted molar refractivity (Wildman–Crippen MR) is 53.3 cm³/mol. The van der Waals surface area contributed by atoms with E-state index in [-0.39, 0.29) is 17.7 Å². The van der Waals surface area contributed by atoms with Gasteiger partial charge in [-0.1, -0.05) is 13.8 Å². The van der Waals surface area contributed by atoms with Gasteiger partial charge in [-0.05, 0) is 12.3 Å². The molecule has 2 N–H and O–H groups in total. The monoisotopic (exact) mass is 215 g/mol. The molecule has 2 atom stereocenters. The Morgan fingerprint density at radius 2 is 2.13 bits per heavy atom. The van der Waals surface area contributed by atoms with E-state index in [9.17, 15) is 9.59 Å². The zero-order chi connectivity index (χ0) is 11.4. The lowest BCUT2D eigenvalue weighted by atomic mass is 10.0. The molecule has 0 spiro atoms. The van der Waals surface area contributed by atoms with Crippen molar-refractivity contribution < 1.29 is 19.4 Å². The minimum atomic E-state index is -0.989. The summed E-state index contributed by atoms with van der Waals surface area (Å²) in [5, 5.41) is 11.4. The molecule has 0 unspecified atom stereocenters. The largest absolute Gasteiger partial charge is 0.480 e. The molecule has 0 radical (unpaired) electrons. The number of rotatable bonds is 4. The van der Waals surface area contributed by atoms with E-state index >= 15 is 0 Å². The molecule has 1 aliphatic heterocycles. The zero-order valence-corrected chi connectivity index (χ0v) is 9.03. The molecule has 0 aliphatic carbocycles. The topological polar surface area (TPSA) is 75.6 Å². The summed E-state index contributed by atoms with van der Waals surface area (Å²) in [6, 6.07) is -0.807. The fourth-order valence-corrected chi connectivity index (χ4v) is 1.53. The third-order valence-electron chi connectivity index (χ3n) is 2.53. The number of carboxylic acids is 1. The normalized spacial score (nSPS) is 22.7. The Labute approximate surface area is 88.8 Å². The van der Waals surface area contributed by atoms with Crippen LogP contribution in [0.2, 0.25) is 0 Å². The van der Waals surface area contributed by atoms with E-state index in [2.05, 4.69) is 5.32 Å². The lowest BCUT2D eigenvalue weighted by molar-refractivity contribution is -0.143. The maximum atomic E-state index is 11.6. The minimum Gasteiger partial charge on any atom is -0.480 e. The van der Waals surface area contributed by atoms with E-state index < -0.39 is 12.0 Å². The van der Waals surface area contributed by atoms with Crippen molar-refractivity contribution in [1.29, 1.82) is 0 Å². The second-order valence-electron chi connectivity index (χ2n) is 4.13. The Morgan fingerprint density at radius 3 is 2.53 bits per heavy atom. The van der Waals surface area contributed by atoms with Crippen LogP contribution in [0.5, 0.6) is 0 Å². The molecule has 0 aromatic heterocycles. The van der Waals surface area contributed by atoms with Crippen LogP contribution >= 0.6 is 0 Å². The summed E-state index contributed by atoms with van der Waals surface area (Å²) < 4.78 is 5.07. The van der Waals surface area contributed by atoms with Crippen molar-refractivity contribution in [1.82, 2.24) is 5.32 Å². The standard InChI is InChI=1S/C10H17NO4/c1-6(2)8(10(13)14)11-9(12)7-3-4-15-5-7/h6-8H,3-5H2,1-2H3,(H,11,12)(H,13,14)/t7-,8+/m0/s1. The van der Waals surface area contributed by atoms with E-state index in [1.807, 2.05) is 0 Å². The highest BCUT2D eigenvalue weighted by Crippen LogP contribution is 2.13. The molecule has 1 saturated heterocycles. The first-order valence-electron chi connectivity index (χ1n) is 5.13. The highest BCUT2D eigenvalue weighted by Gasteiger charge is 2.29. The van der Waals surface area contributed by atoms with Crippen molar-refractivity contribution in [3.05, 3.63) is 0 Å². The number of hydrogen-bond acceptors (Lipinski definition) is 3. The summed E-state index contributed by atoms with van der Waals surface area (Å²) in [6.45, 7) is 4.52. The average Bonchev–Trinajstić information content (AvgIpc) is 2.65. The lowest BCUT2D eigenvalue weighted by Crippen LogP contribution is -2.46. The molecular formula is C10H17NO4. The third-order valence-corrected chi connectivity index (χ3v) is 2.53. The van der Waals surface area contributed by atoms with Crippen molar-refractivity contribution in [3.63, 3.8) is 0 Å². The van der Waals surface area contributed by atoms with Crippen LogP contribution in [0.25, 0.3) is 0 Å². The lowest BCUT2D eigenvalue weighted by Gasteiger charge is -2.19. The Kier molecular flexibility index (Phi) is 4.08. The Balaban J connectivity index is 2.50. The summed E-state index contributed by atoms with van der Waals surface area (Å²) in [5.41, 5.74) is 0. The van der Waals surface area contributed by atoms with Crippen LogP contribution in [-0.4, -0.2) is 36.2 Å². The maximum Gasteiger partial charge on any atom is 0.326 e. The number of carbonyl (C=O) groups excluding carboxylic acids is 1. The molecule has 0 bridgehead atoms. The second kappa shape index (κ2) is 5.11. The maximum absolute atomic E-state index is 11.6. The van der Waals surface area contributed by atoms with Gasteiger partial charge in [0, 0.05) is 6.61 Å². The van der Waals surface area contributed by atoms with Gasteiger partial charge in [-0.25, -0.2) is 4.79 Å². The molecule has 0 saturated carbocycles. The van der Waals surface area contributed by atoms with Gasteiger partial charge in [0.25, 0.3) is 0 Å². The number of hydrogen-bond donors (Lipinski definition) is 2.